The number of rotatable bonds is 7. The Morgan fingerprint density at radius 3 is 2.51 bits per heavy atom. The molecule has 0 aliphatic heterocycles. The van der Waals surface area contributed by atoms with Crippen LogP contribution in [-0.4, -0.2) is 42.4 Å². The van der Waals surface area contributed by atoms with Gasteiger partial charge in [0.25, 0.3) is 17.4 Å². The van der Waals surface area contributed by atoms with Gasteiger partial charge in [-0.05, 0) is 49.6 Å². The minimum atomic E-state index is -3.40. The molecule has 1 amide bonds. The Bertz CT molecular complexity index is 1530. The molecule has 4 rings (SSSR count). The highest BCUT2D eigenvalue weighted by molar-refractivity contribution is 5.92. The van der Waals surface area contributed by atoms with Crippen LogP contribution in [0.15, 0.2) is 59.5 Å². The Labute approximate surface area is 211 Å². The van der Waals surface area contributed by atoms with Gasteiger partial charge in [-0.1, -0.05) is 35.5 Å². The fourth-order valence-electron chi connectivity index (χ4n) is 4.32. The zero-order valence-corrected chi connectivity index (χ0v) is 20.7. The van der Waals surface area contributed by atoms with Crippen molar-refractivity contribution < 1.29 is 18.7 Å². The Morgan fingerprint density at radius 1 is 1.11 bits per heavy atom. The van der Waals surface area contributed by atoms with Crippen molar-refractivity contribution in [3.8, 4) is 16.9 Å². The molecule has 0 unspecified atom stereocenters. The van der Waals surface area contributed by atoms with Crippen molar-refractivity contribution in [2.45, 2.75) is 32.7 Å². The lowest BCUT2D eigenvalue weighted by molar-refractivity contribution is -0.0561. The number of aryl methyl sites for hydroxylation is 1. The number of aliphatic hydroxyl groups excluding tert-OH is 1. The van der Waals surface area contributed by atoms with E-state index >= 15 is 0 Å². The second kappa shape index (κ2) is 10.0. The number of alkyl halides is 2. The SMILES string of the molecule is Cc1c(-c2cnnn2C)cccc1-n1nc(C(=O)N[C@H](C)c2cccc(C(F)(F)CO)c2C)ccc1=O. The molecule has 1 atom stereocenters. The third kappa shape index (κ3) is 4.90. The molecule has 0 saturated heterocycles. The quantitative estimate of drug-likeness (QED) is 0.396. The van der Waals surface area contributed by atoms with E-state index in [9.17, 15) is 18.4 Å². The molecular formula is C26H26F2N6O3. The average molecular weight is 509 g/mol. The summed E-state index contributed by atoms with van der Waals surface area (Å²) in [6.07, 6.45) is 1.61. The maximum Gasteiger partial charge on any atom is 0.296 e. The Morgan fingerprint density at radius 2 is 1.84 bits per heavy atom. The number of aliphatic hydroxyl groups is 1. The van der Waals surface area contributed by atoms with Gasteiger partial charge in [0.1, 0.15) is 12.3 Å². The Balaban J connectivity index is 1.65. The first-order valence-electron chi connectivity index (χ1n) is 11.5. The molecule has 0 saturated carbocycles. The summed E-state index contributed by atoms with van der Waals surface area (Å²) in [5, 5.41) is 24.0. The van der Waals surface area contributed by atoms with E-state index in [2.05, 4.69) is 20.7 Å². The van der Waals surface area contributed by atoms with Crippen molar-refractivity contribution in [3.63, 3.8) is 0 Å². The molecule has 11 heteroatoms. The molecule has 0 aliphatic carbocycles. The monoisotopic (exact) mass is 508 g/mol. The fraction of sp³-hybridized carbons (Fsp3) is 0.269. The van der Waals surface area contributed by atoms with Gasteiger partial charge < -0.3 is 10.4 Å². The van der Waals surface area contributed by atoms with Crippen molar-refractivity contribution in [3.05, 3.63) is 93.0 Å². The van der Waals surface area contributed by atoms with E-state index in [0.29, 0.717) is 11.3 Å². The number of halogens is 2. The molecule has 0 radical (unpaired) electrons. The van der Waals surface area contributed by atoms with E-state index in [1.165, 1.54) is 31.2 Å². The predicted octanol–water partition coefficient (Wildman–Crippen LogP) is 3.22. The maximum atomic E-state index is 14.1. The van der Waals surface area contributed by atoms with Crippen LogP contribution in [0.5, 0.6) is 0 Å². The normalized spacial score (nSPS) is 12.4. The van der Waals surface area contributed by atoms with Crippen molar-refractivity contribution in [1.82, 2.24) is 30.1 Å². The molecule has 4 aromatic rings. The van der Waals surface area contributed by atoms with Crippen LogP contribution in [0.25, 0.3) is 16.9 Å². The van der Waals surface area contributed by atoms with Crippen molar-refractivity contribution in [2.75, 3.05) is 6.61 Å². The molecule has 0 spiro atoms. The number of carbonyl (C=O) groups is 1. The summed E-state index contributed by atoms with van der Waals surface area (Å²) in [5.41, 5.74) is 2.77. The molecule has 0 aliphatic rings. The van der Waals surface area contributed by atoms with Crippen molar-refractivity contribution >= 4 is 5.91 Å². The third-order valence-electron chi connectivity index (χ3n) is 6.34. The van der Waals surface area contributed by atoms with Gasteiger partial charge >= 0.3 is 0 Å². The highest BCUT2D eigenvalue weighted by atomic mass is 19.3. The molecule has 9 nitrogen and oxygen atoms in total. The summed E-state index contributed by atoms with van der Waals surface area (Å²) >= 11 is 0. The minimum Gasteiger partial charge on any atom is -0.390 e. The first-order chi connectivity index (χ1) is 17.5. The molecule has 192 valence electrons. The van der Waals surface area contributed by atoms with Gasteiger partial charge in [-0.25, -0.2) is 4.68 Å². The number of hydrogen-bond donors (Lipinski definition) is 2. The zero-order valence-electron chi connectivity index (χ0n) is 20.7. The van der Waals surface area contributed by atoms with E-state index in [-0.39, 0.29) is 16.8 Å². The predicted molar refractivity (Wildman–Crippen MR) is 133 cm³/mol. The summed E-state index contributed by atoms with van der Waals surface area (Å²) < 4.78 is 31.1. The van der Waals surface area contributed by atoms with E-state index in [1.807, 2.05) is 13.0 Å². The molecule has 2 N–H and O–H groups in total. The summed E-state index contributed by atoms with van der Waals surface area (Å²) in [5.74, 6) is -3.98. The zero-order chi connectivity index (χ0) is 26.9. The lowest BCUT2D eigenvalue weighted by Gasteiger charge is -2.22. The second-order valence-corrected chi connectivity index (χ2v) is 8.74. The summed E-state index contributed by atoms with van der Waals surface area (Å²) in [6, 6.07) is 11.6. The highest BCUT2D eigenvalue weighted by Crippen LogP contribution is 2.33. The number of nitrogens with zero attached hydrogens (tertiary/aromatic N) is 5. The van der Waals surface area contributed by atoms with Crippen LogP contribution in [0.4, 0.5) is 8.78 Å². The number of amides is 1. The van der Waals surface area contributed by atoms with Crippen LogP contribution < -0.4 is 10.9 Å². The van der Waals surface area contributed by atoms with Crippen LogP contribution >= 0.6 is 0 Å². The van der Waals surface area contributed by atoms with Crippen LogP contribution in [0, 0.1) is 13.8 Å². The van der Waals surface area contributed by atoms with Crippen molar-refractivity contribution in [1.29, 1.82) is 0 Å². The molecule has 0 fully saturated rings. The fourth-order valence-corrected chi connectivity index (χ4v) is 4.32. The largest absolute Gasteiger partial charge is 0.390 e. The maximum absolute atomic E-state index is 14.1. The number of benzene rings is 2. The first kappa shape index (κ1) is 25.8. The number of hydrogen-bond acceptors (Lipinski definition) is 6. The van der Waals surface area contributed by atoms with Gasteiger partial charge in [-0.2, -0.15) is 18.6 Å². The van der Waals surface area contributed by atoms with Crippen LogP contribution in [0.2, 0.25) is 0 Å². The molecular weight excluding hydrogens is 482 g/mol. The molecule has 2 heterocycles. The smallest absolute Gasteiger partial charge is 0.296 e. The minimum absolute atomic E-state index is 0.0204. The van der Waals surface area contributed by atoms with Crippen LogP contribution in [0.1, 0.15) is 45.7 Å². The van der Waals surface area contributed by atoms with Crippen molar-refractivity contribution in [2.24, 2.45) is 7.05 Å². The highest BCUT2D eigenvalue weighted by Gasteiger charge is 2.33. The van der Waals surface area contributed by atoms with Crippen LogP contribution in [0.3, 0.4) is 0 Å². The van der Waals surface area contributed by atoms with Gasteiger partial charge in [0.05, 0.1) is 23.6 Å². The van der Waals surface area contributed by atoms with Crippen LogP contribution in [-0.2, 0) is 13.0 Å². The lowest BCUT2D eigenvalue weighted by atomic mass is 9.94. The number of nitrogens with one attached hydrogen (secondary N) is 1. The average Bonchev–Trinajstić information content (AvgIpc) is 3.30. The van der Waals surface area contributed by atoms with Gasteiger partial charge in [0, 0.05) is 24.2 Å². The van der Waals surface area contributed by atoms with Gasteiger partial charge in [-0.3, -0.25) is 9.59 Å². The molecule has 2 aromatic heterocycles. The molecule has 0 bridgehead atoms. The summed E-state index contributed by atoms with van der Waals surface area (Å²) in [7, 11) is 1.76. The molecule has 2 aromatic carbocycles. The van der Waals surface area contributed by atoms with E-state index in [1.54, 1.807) is 43.0 Å². The number of aromatic nitrogens is 5. The van der Waals surface area contributed by atoms with E-state index < -0.39 is 30.0 Å². The second-order valence-electron chi connectivity index (χ2n) is 8.74. The first-order valence-corrected chi connectivity index (χ1v) is 11.5. The Kier molecular flexibility index (Phi) is 6.99. The standard InChI is InChI=1S/C26H26F2N6O3/c1-15-18(7-5-9-20(15)26(27,28)14-35)17(3)30-25(37)21-11-12-24(36)34(31-21)22-10-6-8-19(16(22)2)23-13-29-32-33(23)4/h5-13,17,35H,14H2,1-4H3,(H,30,37)/t17-/m1/s1. The van der Waals surface area contributed by atoms with Gasteiger partial charge in [0.2, 0.25) is 0 Å². The topological polar surface area (TPSA) is 115 Å². The van der Waals surface area contributed by atoms with E-state index in [0.717, 1.165) is 21.5 Å². The Hall–Kier alpha value is -4.25. The van der Waals surface area contributed by atoms with Gasteiger partial charge in [-0.15, -0.1) is 5.10 Å². The third-order valence-corrected chi connectivity index (χ3v) is 6.34. The summed E-state index contributed by atoms with van der Waals surface area (Å²) in [4.78, 5) is 25.8. The van der Waals surface area contributed by atoms with Gasteiger partial charge in [0.15, 0.2) is 0 Å². The van der Waals surface area contributed by atoms with E-state index in [4.69, 9.17) is 5.11 Å². The summed E-state index contributed by atoms with van der Waals surface area (Å²) in [6.45, 7) is 3.69. The molecule has 37 heavy (non-hydrogen) atoms. The number of carbonyl (C=O) groups excluding carboxylic acids is 1. The lowest BCUT2D eigenvalue weighted by Crippen LogP contribution is -2.31.